The lowest BCUT2D eigenvalue weighted by atomic mass is 9.66. The Kier molecular flexibility index (Phi) is 2.86. The molecule has 2 atom stereocenters. The summed E-state index contributed by atoms with van der Waals surface area (Å²) in [6.07, 6.45) is 8.78. The Hall–Kier alpha value is -1.42. The fourth-order valence-electron chi connectivity index (χ4n) is 4.75. The zero-order chi connectivity index (χ0) is 14.6. The molecule has 4 heteroatoms. The number of fused-ring (bicyclic) bond motifs is 2. The van der Waals surface area contributed by atoms with Crippen LogP contribution in [0.15, 0.2) is 12.3 Å². The Morgan fingerprint density at radius 1 is 1.24 bits per heavy atom. The number of likely N-dealkylation sites (N-methyl/N-ethyl adjacent to an activating group) is 1. The zero-order valence-electron chi connectivity index (χ0n) is 13.3. The van der Waals surface area contributed by atoms with E-state index >= 15 is 0 Å². The Morgan fingerprint density at radius 2 is 2.10 bits per heavy atom. The topological polar surface area (TPSA) is 34.0 Å². The number of aryl methyl sites for hydroxylation is 2. The molecule has 1 saturated heterocycles. The highest BCUT2D eigenvalue weighted by Crippen LogP contribution is 2.48. The molecule has 0 bridgehead atoms. The molecule has 0 N–H and O–H groups in total. The monoisotopic (exact) mass is 284 g/mol. The molecule has 2 aromatic rings. The molecule has 4 rings (SSSR count). The summed E-state index contributed by atoms with van der Waals surface area (Å²) < 4.78 is 1.89. The van der Waals surface area contributed by atoms with E-state index in [1.54, 1.807) is 0 Å². The van der Waals surface area contributed by atoms with Gasteiger partial charge in [0.1, 0.15) is 0 Å². The standard InChI is InChI=1S/C17H24N4/c1-12-14-10-13(11-18-16(14)21(3)19-12)17-7-5-4-6-15(17)20(2)9-8-17/h10-11,15H,4-9H2,1-3H3/t15-,17-/m1/s1. The Bertz CT molecular complexity index is 685. The van der Waals surface area contributed by atoms with Gasteiger partial charge in [-0.1, -0.05) is 12.8 Å². The van der Waals surface area contributed by atoms with Crippen molar-refractivity contribution in [2.45, 2.75) is 50.5 Å². The molecule has 2 aromatic heterocycles. The number of hydrogen-bond acceptors (Lipinski definition) is 3. The van der Waals surface area contributed by atoms with Crippen molar-refractivity contribution >= 4 is 11.0 Å². The maximum atomic E-state index is 4.74. The smallest absolute Gasteiger partial charge is 0.157 e. The third-order valence-electron chi connectivity index (χ3n) is 5.87. The quantitative estimate of drug-likeness (QED) is 0.807. The molecule has 2 fully saturated rings. The van der Waals surface area contributed by atoms with Crippen LogP contribution >= 0.6 is 0 Å². The van der Waals surface area contributed by atoms with Gasteiger partial charge in [0, 0.05) is 30.1 Å². The molecule has 0 unspecified atom stereocenters. The SMILES string of the molecule is Cc1nn(C)c2ncc([C@]34CCCC[C@H]3N(C)CC4)cc12. The number of pyridine rings is 1. The molecule has 0 aromatic carbocycles. The van der Waals surface area contributed by atoms with Gasteiger partial charge in [0.15, 0.2) is 5.65 Å². The molecule has 0 spiro atoms. The first-order valence-corrected chi connectivity index (χ1v) is 8.12. The first kappa shape index (κ1) is 13.3. The summed E-state index contributed by atoms with van der Waals surface area (Å²) in [5.74, 6) is 0. The van der Waals surface area contributed by atoms with Crippen LogP contribution in [0.4, 0.5) is 0 Å². The molecule has 1 aliphatic carbocycles. The Labute approximate surface area is 126 Å². The Balaban J connectivity index is 1.86. The van der Waals surface area contributed by atoms with Gasteiger partial charge in [0.25, 0.3) is 0 Å². The predicted molar refractivity (Wildman–Crippen MR) is 84.4 cm³/mol. The predicted octanol–water partition coefficient (Wildman–Crippen LogP) is 2.79. The van der Waals surface area contributed by atoms with Crippen molar-refractivity contribution in [2.24, 2.45) is 7.05 Å². The zero-order valence-corrected chi connectivity index (χ0v) is 13.3. The van der Waals surface area contributed by atoms with Gasteiger partial charge < -0.3 is 4.90 Å². The first-order chi connectivity index (χ1) is 10.1. The van der Waals surface area contributed by atoms with E-state index in [0.29, 0.717) is 11.5 Å². The average molecular weight is 284 g/mol. The molecule has 2 aliphatic rings. The molecular formula is C17H24N4. The fourth-order valence-corrected chi connectivity index (χ4v) is 4.75. The fraction of sp³-hybridized carbons (Fsp3) is 0.647. The summed E-state index contributed by atoms with van der Waals surface area (Å²) in [5, 5.41) is 5.74. The lowest BCUT2D eigenvalue weighted by Gasteiger charge is -2.41. The second kappa shape index (κ2) is 4.54. The summed E-state index contributed by atoms with van der Waals surface area (Å²) in [7, 11) is 4.27. The number of nitrogens with zero attached hydrogens (tertiary/aromatic N) is 4. The minimum absolute atomic E-state index is 0.330. The minimum atomic E-state index is 0.330. The minimum Gasteiger partial charge on any atom is -0.302 e. The van der Waals surface area contributed by atoms with Crippen LogP contribution < -0.4 is 0 Å². The second-order valence-electron chi connectivity index (χ2n) is 6.95. The van der Waals surface area contributed by atoms with E-state index < -0.39 is 0 Å². The summed E-state index contributed by atoms with van der Waals surface area (Å²) in [5.41, 5.74) is 3.87. The number of likely N-dealkylation sites (tertiary alicyclic amines) is 1. The van der Waals surface area contributed by atoms with Gasteiger partial charge in [-0.3, -0.25) is 4.68 Å². The third-order valence-corrected chi connectivity index (χ3v) is 5.87. The van der Waals surface area contributed by atoms with Crippen LogP contribution in [0.25, 0.3) is 11.0 Å². The van der Waals surface area contributed by atoms with E-state index in [4.69, 9.17) is 4.98 Å². The average Bonchev–Trinajstić information content (AvgIpc) is 2.99. The molecule has 3 heterocycles. The van der Waals surface area contributed by atoms with Crippen LogP contribution in [0.3, 0.4) is 0 Å². The van der Waals surface area contributed by atoms with Crippen molar-refractivity contribution in [3.05, 3.63) is 23.5 Å². The van der Waals surface area contributed by atoms with Crippen molar-refractivity contribution in [3.8, 4) is 0 Å². The van der Waals surface area contributed by atoms with Crippen LogP contribution in [0.2, 0.25) is 0 Å². The van der Waals surface area contributed by atoms with Crippen molar-refractivity contribution in [3.63, 3.8) is 0 Å². The van der Waals surface area contributed by atoms with E-state index in [1.165, 1.54) is 49.6 Å². The van der Waals surface area contributed by atoms with E-state index in [-0.39, 0.29) is 0 Å². The highest BCUT2D eigenvalue weighted by Gasteiger charge is 2.48. The van der Waals surface area contributed by atoms with Gasteiger partial charge in [0.05, 0.1) is 5.69 Å². The molecule has 1 aliphatic heterocycles. The Morgan fingerprint density at radius 3 is 2.95 bits per heavy atom. The lowest BCUT2D eigenvalue weighted by Crippen LogP contribution is -2.43. The molecule has 1 saturated carbocycles. The van der Waals surface area contributed by atoms with Gasteiger partial charge >= 0.3 is 0 Å². The molecular weight excluding hydrogens is 260 g/mol. The van der Waals surface area contributed by atoms with Crippen molar-refractivity contribution in [1.29, 1.82) is 0 Å². The summed E-state index contributed by atoms with van der Waals surface area (Å²) in [6, 6.07) is 3.07. The van der Waals surface area contributed by atoms with Crippen molar-refractivity contribution in [1.82, 2.24) is 19.7 Å². The molecule has 4 nitrogen and oxygen atoms in total. The first-order valence-electron chi connectivity index (χ1n) is 8.12. The molecule has 0 radical (unpaired) electrons. The number of aromatic nitrogens is 3. The van der Waals surface area contributed by atoms with Gasteiger partial charge in [-0.2, -0.15) is 5.10 Å². The summed E-state index contributed by atoms with van der Waals surface area (Å²) in [4.78, 5) is 7.31. The highest BCUT2D eigenvalue weighted by molar-refractivity contribution is 5.79. The summed E-state index contributed by atoms with van der Waals surface area (Å²) >= 11 is 0. The van der Waals surface area contributed by atoms with Crippen LogP contribution in [0, 0.1) is 6.92 Å². The number of hydrogen-bond donors (Lipinski definition) is 0. The lowest BCUT2D eigenvalue weighted by molar-refractivity contribution is 0.182. The third kappa shape index (κ3) is 1.78. The van der Waals surface area contributed by atoms with Gasteiger partial charge in [-0.25, -0.2) is 4.98 Å². The molecule has 0 amide bonds. The van der Waals surface area contributed by atoms with Gasteiger partial charge in [-0.15, -0.1) is 0 Å². The van der Waals surface area contributed by atoms with Gasteiger partial charge in [-0.05, 0) is 51.4 Å². The number of rotatable bonds is 1. The summed E-state index contributed by atoms with van der Waals surface area (Å²) in [6.45, 7) is 3.30. The van der Waals surface area contributed by atoms with Crippen LogP contribution in [0.1, 0.15) is 43.4 Å². The maximum absolute atomic E-state index is 4.74. The van der Waals surface area contributed by atoms with E-state index in [0.717, 1.165) is 11.3 Å². The van der Waals surface area contributed by atoms with Crippen LogP contribution in [-0.2, 0) is 12.5 Å². The van der Waals surface area contributed by atoms with Crippen LogP contribution in [-0.4, -0.2) is 39.3 Å². The highest BCUT2D eigenvalue weighted by atomic mass is 15.3. The second-order valence-corrected chi connectivity index (χ2v) is 6.95. The largest absolute Gasteiger partial charge is 0.302 e. The van der Waals surface area contributed by atoms with Crippen molar-refractivity contribution < 1.29 is 0 Å². The molecule has 112 valence electrons. The van der Waals surface area contributed by atoms with Crippen molar-refractivity contribution in [2.75, 3.05) is 13.6 Å². The maximum Gasteiger partial charge on any atom is 0.157 e. The van der Waals surface area contributed by atoms with E-state index in [1.807, 2.05) is 11.7 Å². The molecule has 21 heavy (non-hydrogen) atoms. The van der Waals surface area contributed by atoms with E-state index in [9.17, 15) is 0 Å². The van der Waals surface area contributed by atoms with E-state index in [2.05, 4.69) is 36.2 Å². The van der Waals surface area contributed by atoms with Gasteiger partial charge in [0.2, 0.25) is 0 Å². The van der Waals surface area contributed by atoms with Crippen LogP contribution in [0.5, 0.6) is 0 Å². The normalized spacial score (nSPS) is 30.0.